The van der Waals surface area contributed by atoms with Crippen LogP contribution >= 0.6 is 0 Å². The van der Waals surface area contributed by atoms with Crippen LogP contribution in [0.25, 0.3) is 0 Å². The number of hydrogen-bond donors (Lipinski definition) is 1. The van der Waals surface area contributed by atoms with Crippen LogP contribution < -0.4 is 4.72 Å². The topological polar surface area (TPSA) is 72.5 Å². The van der Waals surface area contributed by atoms with Crippen molar-refractivity contribution in [1.29, 1.82) is 0 Å². The Morgan fingerprint density at radius 3 is 2.43 bits per heavy atom. The average Bonchev–Trinajstić information content (AvgIpc) is 2.97. The second-order valence-electron chi connectivity index (χ2n) is 5.26. The molecule has 0 amide bonds. The lowest BCUT2D eigenvalue weighted by atomic mass is 10.2. The summed E-state index contributed by atoms with van der Waals surface area (Å²) >= 11 is 0. The van der Waals surface area contributed by atoms with E-state index in [1.807, 2.05) is 0 Å². The molecule has 1 saturated carbocycles. The van der Waals surface area contributed by atoms with Gasteiger partial charge >= 0.3 is 0 Å². The molecule has 0 unspecified atom stereocenters. The molecule has 1 aliphatic carbocycles. The van der Waals surface area contributed by atoms with E-state index >= 15 is 0 Å². The van der Waals surface area contributed by atoms with Crippen molar-refractivity contribution in [2.75, 3.05) is 13.2 Å². The molecule has 1 aliphatic rings. The molecular formula is C15H21NO4S. The number of benzene rings is 1. The molecule has 1 fully saturated rings. The van der Waals surface area contributed by atoms with Crippen molar-refractivity contribution in [1.82, 2.24) is 4.72 Å². The summed E-state index contributed by atoms with van der Waals surface area (Å²) in [6.45, 7) is 2.09. The number of nitrogens with one attached hydrogen (secondary N) is 1. The molecule has 0 spiro atoms. The SMILES string of the molecule is CC(=O)c1ccc(S(=O)(=O)NCCOC2CCCC2)cc1. The van der Waals surface area contributed by atoms with Gasteiger partial charge in [0.1, 0.15) is 0 Å². The van der Waals surface area contributed by atoms with Crippen LogP contribution in [0.15, 0.2) is 29.2 Å². The monoisotopic (exact) mass is 311 g/mol. The maximum atomic E-state index is 12.1. The molecule has 0 bridgehead atoms. The molecule has 1 N–H and O–H groups in total. The molecule has 0 aliphatic heterocycles. The van der Waals surface area contributed by atoms with Crippen LogP contribution in [0.3, 0.4) is 0 Å². The number of Topliss-reactive ketones (excluding diaryl/α,β-unsaturated/α-hetero) is 1. The number of ether oxygens (including phenoxy) is 1. The molecule has 0 radical (unpaired) electrons. The number of carbonyl (C=O) groups excluding carboxylic acids is 1. The van der Waals surface area contributed by atoms with E-state index in [-0.39, 0.29) is 23.3 Å². The predicted octanol–water partition coefficient (Wildman–Crippen LogP) is 2.13. The van der Waals surface area contributed by atoms with E-state index in [1.54, 1.807) is 0 Å². The van der Waals surface area contributed by atoms with Gasteiger partial charge in [0.05, 0.1) is 17.6 Å². The lowest BCUT2D eigenvalue weighted by Crippen LogP contribution is -2.28. The van der Waals surface area contributed by atoms with Crippen LogP contribution in [0, 0.1) is 0 Å². The smallest absolute Gasteiger partial charge is 0.240 e. The zero-order valence-corrected chi connectivity index (χ0v) is 13.0. The molecule has 2 rings (SSSR count). The fourth-order valence-corrected chi connectivity index (χ4v) is 3.42. The van der Waals surface area contributed by atoms with Gasteiger partial charge in [0, 0.05) is 12.1 Å². The van der Waals surface area contributed by atoms with Crippen molar-refractivity contribution in [3.8, 4) is 0 Å². The number of sulfonamides is 1. The van der Waals surface area contributed by atoms with Crippen molar-refractivity contribution in [3.63, 3.8) is 0 Å². The zero-order valence-electron chi connectivity index (χ0n) is 12.2. The summed E-state index contributed by atoms with van der Waals surface area (Å²) in [4.78, 5) is 11.3. The molecule has 116 valence electrons. The predicted molar refractivity (Wildman–Crippen MR) is 79.8 cm³/mol. The normalized spacial score (nSPS) is 16.2. The highest BCUT2D eigenvalue weighted by molar-refractivity contribution is 7.89. The van der Waals surface area contributed by atoms with Gasteiger partial charge in [-0.25, -0.2) is 13.1 Å². The van der Waals surface area contributed by atoms with Crippen LogP contribution in [0.1, 0.15) is 43.0 Å². The van der Waals surface area contributed by atoms with Crippen molar-refractivity contribution in [2.24, 2.45) is 0 Å². The second-order valence-corrected chi connectivity index (χ2v) is 7.02. The summed E-state index contributed by atoms with van der Waals surface area (Å²) in [6.07, 6.45) is 4.81. The van der Waals surface area contributed by atoms with Crippen LogP contribution in [0.4, 0.5) is 0 Å². The fourth-order valence-electron chi connectivity index (χ4n) is 2.41. The molecule has 0 saturated heterocycles. The van der Waals surface area contributed by atoms with E-state index in [0.29, 0.717) is 12.2 Å². The Kier molecular flexibility index (Phi) is 5.50. The number of hydrogen-bond acceptors (Lipinski definition) is 4. The van der Waals surface area contributed by atoms with Crippen LogP contribution in [0.2, 0.25) is 0 Å². The van der Waals surface area contributed by atoms with E-state index in [0.717, 1.165) is 12.8 Å². The third-order valence-electron chi connectivity index (χ3n) is 3.62. The van der Waals surface area contributed by atoms with E-state index in [2.05, 4.69) is 4.72 Å². The van der Waals surface area contributed by atoms with Gasteiger partial charge in [-0.15, -0.1) is 0 Å². The van der Waals surface area contributed by atoms with Crippen molar-refractivity contribution in [3.05, 3.63) is 29.8 Å². The molecule has 0 heterocycles. The Bertz CT molecular complexity index is 574. The molecule has 1 aromatic carbocycles. The standard InChI is InChI=1S/C15H21NO4S/c1-12(17)13-6-8-15(9-7-13)21(18,19)16-10-11-20-14-4-2-3-5-14/h6-9,14,16H,2-5,10-11H2,1H3. The fraction of sp³-hybridized carbons (Fsp3) is 0.533. The maximum Gasteiger partial charge on any atom is 0.240 e. The minimum atomic E-state index is -3.54. The van der Waals surface area contributed by atoms with Crippen LogP contribution in [0.5, 0.6) is 0 Å². The molecule has 0 atom stereocenters. The summed E-state index contributed by atoms with van der Waals surface area (Å²) in [7, 11) is -3.54. The van der Waals surface area contributed by atoms with Gasteiger partial charge < -0.3 is 4.74 Å². The quantitative estimate of drug-likeness (QED) is 0.618. The highest BCUT2D eigenvalue weighted by Gasteiger charge is 2.16. The van der Waals surface area contributed by atoms with E-state index in [4.69, 9.17) is 4.74 Å². The summed E-state index contributed by atoms with van der Waals surface area (Å²) < 4.78 is 32.2. The molecule has 1 aromatic rings. The van der Waals surface area contributed by atoms with Gasteiger partial charge in [-0.1, -0.05) is 25.0 Å². The van der Waals surface area contributed by atoms with Gasteiger partial charge in [0.2, 0.25) is 10.0 Å². The van der Waals surface area contributed by atoms with Gasteiger partial charge in [-0.3, -0.25) is 4.79 Å². The van der Waals surface area contributed by atoms with Gasteiger partial charge in [-0.05, 0) is 31.9 Å². The summed E-state index contributed by atoms with van der Waals surface area (Å²) in [5.74, 6) is -0.0862. The number of ketones is 1. The van der Waals surface area contributed by atoms with Crippen LogP contribution in [-0.2, 0) is 14.8 Å². The minimum Gasteiger partial charge on any atom is -0.377 e. The highest BCUT2D eigenvalue weighted by atomic mass is 32.2. The van der Waals surface area contributed by atoms with Crippen molar-refractivity contribution < 1.29 is 17.9 Å². The van der Waals surface area contributed by atoms with Gasteiger partial charge in [-0.2, -0.15) is 0 Å². The summed E-state index contributed by atoms with van der Waals surface area (Å²) in [5, 5.41) is 0. The first-order valence-electron chi connectivity index (χ1n) is 7.21. The minimum absolute atomic E-state index is 0.0862. The first-order chi connectivity index (χ1) is 9.99. The zero-order chi connectivity index (χ0) is 15.3. The van der Waals surface area contributed by atoms with E-state index in [9.17, 15) is 13.2 Å². The first-order valence-corrected chi connectivity index (χ1v) is 8.69. The average molecular weight is 311 g/mol. The Morgan fingerprint density at radius 2 is 1.86 bits per heavy atom. The Labute approximate surface area is 125 Å². The first kappa shape index (κ1) is 16.1. The molecule has 6 heteroatoms. The van der Waals surface area contributed by atoms with Crippen LogP contribution in [-0.4, -0.2) is 33.5 Å². The molecule has 0 aromatic heterocycles. The van der Waals surface area contributed by atoms with Gasteiger partial charge in [0.15, 0.2) is 5.78 Å². The van der Waals surface area contributed by atoms with Crippen molar-refractivity contribution in [2.45, 2.75) is 43.6 Å². The Balaban J connectivity index is 1.84. The van der Waals surface area contributed by atoms with Crippen molar-refractivity contribution >= 4 is 15.8 Å². The Morgan fingerprint density at radius 1 is 1.24 bits per heavy atom. The third kappa shape index (κ3) is 4.62. The third-order valence-corrected chi connectivity index (χ3v) is 5.10. The molecule has 21 heavy (non-hydrogen) atoms. The lowest BCUT2D eigenvalue weighted by Gasteiger charge is -2.12. The van der Waals surface area contributed by atoms with E-state index < -0.39 is 10.0 Å². The summed E-state index contributed by atoms with van der Waals surface area (Å²) in [6, 6.07) is 5.92. The Hall–Kier alpha value is -1.24. The lowest BCUT2D eigenvalue weighted by molar-refractivity contribution is 0.0626. The van der Waals surface area contributed by atoms with Gasteiger partial charge in [0.25, 0.3) is 0 Å². The maximum absolute atomic E-state index is 12.1. The number of rotatable bonds is 7. The largest absolute Gasteiger partial charge is 0.377 e. The molecular weight excluding hydrogens is 290 g/mol. The summed E-state index contributed by atoms with van der Waals surface area (Å²) in [5.41, 5.74) is 0.499. The van der Waals surface area contributed by atoms with E-state index in [1.165, 1.54) is 44.0 Å². The second kappa shape index (κ2) is 7.15. The number of carbonyl (C=O) groups is 1. The highest BCUT2D eigenvalue weighted by Crippen LogP contribution is 2.20. The molecule has 5 nitrogen and oxygen atoms in total.